The molecule has 13 heavy (non-hydrogen) atoms. The molecule has 0 radical (unpaired) electrons. The number of halogens is 2. The molecule has 0 saturated carbocycles. The van der Waals surface area contributed by atoms with E-state index in [1.807, 2.05) is 0 Å². The number of carboxylic acid groups (broad SMARTS) is 1. The molecule has 0 aromatic rings. The molecular formula is C8H8Cl2O3. The van der Waals surface area contributed by atoms with Crippen LogP contribution in [-0.2, 0) is 9.53 Å². The Labute approximate surface area is 85.6 Å². The van der Waals surface area contributed by atoms with Crippen molar-refractivity contribution in [2.45, 2.75) is 5.06 Å². The number of carbonyl (C=O) groups is 1. The Morgan fingerprint density at radius 3 is 2.77 bits per heavy atom. The second kappa shape index (κ2) is 3.70. The van der Waals surface area contributed by atoms with Gasteiger partial charge in [-0.2, -0.15) is 0 Å². The van der Waals surface area contributed by atoms with Gasteiger partial charge < -0.3 is 9.84 Å². The minimum absolute atomic E-state index is 0.173. The lowest BCUT2D eigenvalue weighted by Crippen LogP contribution is -2.39. The van der Waals surface area contributed by atoms with Crippen molar-refractivity contribution in [3.63, 3.8) is 0 Å². The molecule has 5 heteroatoms. The Bertz CT molecular complexity index is 285. The number of carboxylic acids is 1. The average Bonchev–Trinajstić information content (AvgIpc) is 2.09. The SMILES string of the molecule is COC1(Cl)C(Cl)=CC=CC1C(=O)O. The Morgan fingerprint density at radius 2 is 2.38 bits per heavy atom. The Balaban J connectivity index is 3.06. The van der Waals surface area contributed by atoms with E-state index in [9.17, 15) is 4.79 Å². The third-order valence-electron chi connectivity index (χ3n) is 1.83. The van der Waals surface area contributed by atoms with Crippen molar-refractivity contribution < 1.29 is 14.6 Å². The zero-order valence-corrected chi connectivity index (χ0v) is 8.34. The smallest absolute Gasteiger partial charge is 0.315 e. The molecule has 0 saturated heterocycles. The summed E-state index contributed by atoms with van der Waals surface area (Å²) in [6.07, 6.45) is 4.49. The topological polar surface area (TPSA) is 46.5 Å². The van der Waals surface area contributed by atoms with Gasteiger partial charge >= 0.3 is 5.97 Å². The van der Waals surface area contributed by atoms with Crippen molar-refractivity contribution in [2.24, 2.45) is 5.92 Å². The summed E-state index contributed by atoms with van der Waals surface area (Å²) in [5.74, 6) is -2.03. The standard InChI is InChI=1S/C8H8Cl2O3/c1-13-8(10)5(7(11)12)3-2-4-6(8)9/h2-5H,1H3,(H,11,12). The Morgan fingerprint density at radius 1 is 1.77 bits per heavy atom. The number of hydrogen-bond donors (Lipinski definition) is 1. The van der Waals surface area contributed by atoms with Crippen molar-refractivity contribution in [2.75, 3.05) is 7.11 Å². The van der Waals surface area contributed by atoms with Crippen LogP contribution in [0.2, 0.25) is 0 Å². The highest BCUT2D eigenvalue weighted by Crippen LogP contribution is 2.40. The molecule has 0 bridgehead atoms. The summed E-state index contributed by atoms with van der Waals surface area (Å²) in [4.78, 5) is 10.8. The second-order valence-corrected chi connectivity index (χ2v) is 3.53. The first-order valence-electron chi connectivity index (χ1n) is 3.53. The molecule has 1 N–H and O–H groups in total. The summed E-state index contributed by atoms with van der Waals surface area (Å²) in [5.41, 5.74) is 0. The number of ether oxygens (including phenoxy) is 1. The highest BCUT2D eigenvalue weighted by molar-refractivity contribution is 6.40. The molecule has 0 aromatic heterocycles. The largest absolute Gasteiger partial charge is 0.481 e. The van der Waals surface area contributed by atoms with E-state index in [0.29, 0.717) is 0 Å². The zero-order valence-electron chi connectivity index (χ0n) is 6.83. The van der Waals surface area contributed by atoms with E-state index in [4.69, 9.17) is 33.0 Å². The van der Waals surface area contributed by atoms with Crippen molar-refractivity contribution >= 4 is 29.2 Å². The summed E-state index contributed by atoms with van der Waals surface area (Å²) >= 11 is 11.7. The van der Waals surface area contributed by atoms with Crippen LogP contribution >= 0.6 is 23.2 Å². The molecule has 0 heterocycles. The van der Waals surface area contributed by atoms with E-state index in [1.165, 1.54) is 19.3 Å². The minimum Gasteiger partial charge on any atom is -0.481 e. The van der Waals surface area contributed by atoms with Crippen molar-refractivity contribution in [3.05, 3.63) is 23.3 Å². The van der Waals surface area contributed by atoms with E-state index < -0.39 is 16.9 Å². The van der Waals surface area contributed by atoms with Gasteiger partial charge in [-0.05, 0) is 6.08 Å². The predicted molar refractivity (Wildman–Crippen MR) is 49.8 cm³/mol. The van der Waals surface area contributed by atoms with Crippen LogP contribution in [0.4, 0.5) is 0 Å². The Hall–Kier alpha value is -0.510. The first kappa shape index (κ1) is 10.6. The predicted octanol–water partition coefficient (Wildman–Crippen LogP) is 1.96. The molecule has 72 valence electrons. The van der Waals surface area contributed by atoms with E-state index >= 15 is 0 Å². The molecule has 1 aliphatic carbocycles. The molecular weight excluding hydrogens is 215 g/mol. The number of alkyl halides is 1. The summed E-state index contributed by atoms with van der Waals surface area (Å²) in [6.45, 7) is 0. The number of rotatable bonds is 2. The molecule has 1 aliphatic rings. The monoisotopic (exact) mass is 222 g/mol. The van der Waals surface area contributed by atoms with Crippen LogP contribution in [0.1, 0.15) is 0 Å². The van der Waals surface area contributed by atoms with Crippen molar-refractivity contribution in [1.82, 2.24) is 0 Å². The molecule has 0 amide bonds. The summed E-state index contributed by atoms with van der Waals surface area (Å²) in [6, 6.07) is 0. The van der Waals surface area contributed by atoms with Crippen LogP contribution in [0.3, 0.4) is 0 Å². The first-order valence-corrected chi connectivity index (χ1v) is 4.29. The van der Waals surface area contributed by atoms with Gasteiger partial charge in [0.15, 0.2) is 5.06 Å². The number of aliphatic carboxylic acids is 1. The molecule has 0 aromatic carbocycles. The summed E-state index contributed by atoms with van der Waals surface area (Å²) in [7, 11) is 1.32. The quantitative estimate of drug-likeness (QED) is 0.728. The third-order valence-corrected chi connectivity index (χ3v) is 2.93. The van der Waals surface area contributed by atoms with E-state index in [2.05, 4.69) is 0 Å². The average molecular weight is 223 g/mol. The molecule has 0 spiro atoms. The normalized spacial score (nSPS) is 32.8. The summed E-state index contributed by atoms with van der Waals surface area (Å²) in [5, 5.41) is 7.52. The lowest BCUT2D eigenvalue weighted by atomic mass is 9.97. The van der Waals surface area contributed by atoms with Gasteiger partial charge in [0.1, 0.15) is 5.92 Å². The lowest BCUT2D eigenvalue weighted by molar-refractivity contribution is -0.144. The number of hydrogen-bond acceptors (Lipinski definition) is 2. The molecule has 2 unspecified atom stereocenters. The van der Waals surface area contributed by atoms with Crippen LogP contribution in [0.25, 0.3) is 0 Å². The summed E-state index contributed by atoms with van der Waals surface area (Å²) < 4.78 is 4.90. The van der Waals surface area contributed by atoms with Gasteiger partial charge in [0, 0.05) is 7.11 Å². The lowest BCUT2D eigenvalue weighted by Gasteiger charge is -2.31. The first-order chi connectivity index (χ1) is 6.02. The maximum absolute atomic E-state index is 10.8. The molecule has 0 fully saturated rings. The van der Waals surface area contributed by atoms with E-state index in [0.717, 1.165) is 0 Å². The minimum atomic E-state index is -1.47. The number of methoxy groups -OCH3 is 1. The maximum atomic E-state index is 10.8. The Kier molecular flexibility index (Phi) is 3.01. The van der Waals surface area contributed by atoms with Crippen molar-refractivity contribution in [3.8, 4) is 0 Å². The van der Waals surface area contributed by atoms with Gasteiger partial charge in [0.05, 0.1) is 5.03 Å². The van der Waals surface area contributed by atoms with Gasteiger partial charge in [-0.15, -0.1) is 0 Å². The van der Waals surface area contributed by atoms with Gasteiger partial charge in [0.25, 0.3) is 0 Å². The highest BCUT2D eigenvalue weighted by Gasteiger charge is 2.44. The molecule has 2 atom stereocenters. The number of allylic oxidation sites excluding steroid dienone is 2. The van der Waals surface area contributed by atoms with Gasteiger partial charge in [-0.3, -0.25) is 4.79 Å². The maximum Gasteiger partial charge on any atom is 0.315 e. The van der Waals surface area contributed by atoms with E-state index in [1.54, 1.807) is 6.08 Å². The van der Waals surface area contributed by atoms with Crippen LogP contribution in [0.5, 0.6) is 0 Å². The molecule has 0 aliphatic heterocycles. The third kappa shape index (κ3) is 1.73. The zero-order chi connectivity index (χ0) is 10.1. The fourth-order valence-corrected chi connectivity index (χ4v) is 1.60. The van der Waals surface area contributed by atoms with Crippen LogP contribution in [0.15, 0.2) is 23.3 Å². The van der Waals surface area contributed by atoms with Crippen LogP contribution in [0, 0.1) is 5.92 Å². The van der Waals surface area contributed by atoms with Crippen molar-refractivity contribution in [1.29, 1.82) is 0 Å². The van der Waals surface area contributed by atoms with E-state index in [-0.39, 0.29) is 5.03 Å². The highest BCUT2D eigenvalue weighted by atomic mass is 35.5. The van der Waals surface area contributed by atoms with Gasteiger partial charge in [-0.25, -0.2) is 0 Å². The fraction of sp³-hybridized carbons (Fsp3) is 0.375. The van der Waals surface area contributed by atoms with Crippen LogP contribution in [-0.4, -0.2) is 23.2 Å². The molecule has 3 nitrogen and oxygen atoms in total. The van der Waals surface area contributed by atoms with Gasteiger partial charge in [-0.1, -0.05) is 35.4 Å². The van der Waals surface area contributed by atoms with Crippen LogP contribution < -0.4 is 0 Å². The molecule has 1 rings (SSSR count). The second-order valence-electron chi connectivity index (χ2n) is 2.56. The fourth-order valence-electron chi connectivity index (χ4n) is 1.10. The van der Waals surface area contributed by atoms with Gasteiger partial charge in [0.2, 0.25) is 0 Å².